The Morgan fingerprint density at radius 1 is 1.08 bits per heavy atom. The van der Waals surface area contributed by atoms with Gasteiger partial charge in [-0.15, -0.1) is 0 Å². The Morgan fingerprint density at radius 3 is 2.31 bits per heavy atom. The fourth-order valence-corrected chi connectivity index (χ4v) is 4.67. The van der Waals surface area contributed by atoms with Crippen molar-refractivity contribution in [3.05, 3.63) is 24.3 Å². The SMILES string of the molecule is COc1ccc(S(=O)(=O)NCC2(CN3CCOCC3)CCOCC2)cc1. The molecular weight excluding hydrogens is 356 g/mol. The first-order chi connectivity index (χ1) is 12.5. The van der Waals surface area contributed by atoms with E-state index in [4.69, 9.17) is 14.2 Å². The molecule has 0 amide bonds. The molecule has 2 aliphatic rings. The number of nitrogens with zero attached hydrogens (tertiary/aromatic N) is 1. The zero-order valence-electron chi connectivity index (χ0n) is 15.3. The largest absolute Gasteiger partial charge is 0.497 e. The highest BCUT2D eigenvalue weighted by Crippen LogP contribution is 2.32. The number of rotatable bonds is 7. The molecule has 0 unspecified atom stereocenters. The van der Waals surface area contributed by atoms with Crippen molar-refractivity contribution in [3.63, 3.8) is 0 Å². The summed E-state index contributed by atoms with van der Waals surface area (Å²) in [4.78, 5) is 2.63. The van der Waals surface area contributed by atoms with Crippen molar-refractivity contribution in [2.45, 2.75) is 17.7 Å². The Labute approximate surface area is 155 Å². The van der Waals surface area contributed by atoms with Crippen molar-refractivity contribution in [2.75, 3.05) is 59.7 Å². The van der Waals surface area contributed by atoms with Gasteiger partial charge in [-0.1, -0.05) is 0 Å². The lowest BCUT2D eigenvalue weighted by molar-refractivity contribution is -0.0270. The van der Waals surface area contributed by atoms with Crippen molar-refractivity contribution in [2.24, 2.45) is 5.41 Å². The van der Waals surface area contributed by atoms with Gasteiger partial charge in [0.05, 0.1) is 25.2 Å². The lowest BCUT2D eigenvalue weighted by atomic mass is 9.79. The van der Waals surface area contributed by atoms with Gasteiger partial charge in [0.25, 0.3) is 0 Å². The number of benzene rings is 1. The maximum Gasteiger partial charge on any atom is 0.240 e. The topological polar surface area (TPSA) is 77.1 Å². The normalized spacial score (nSPS) is 21.4. The Bertz CT molecular complexity index is 665. The van der Waals surface area contributed by atoms with Crippen LogP contribution in [0.15, 0.2) is 29.2 Å². The second kappa shape index (κ2) is 8.67. The zero-order chi connectivity index (χ0) is 18.5. The van der Waals surface area contributed by atoms with Crippen LogP contribution in [-0.4, -0.2) is 73.0 Å². The molecule has 0 aliphatic carbocycles. The second-order valence-corrected chi connectivity index (χ2v) is 8.77. The summed E-state index contributed by atoms with van der Waals surface area (Å²) in [5.41, 5.74) is -0.102. The van der Waals surface area contributed by atoms with Crippen LogP contribution in [0.25, 0.3) is 0 Å². The summed E-state index contributed by atoms with van der Waals surface area (Å²) in [7, 11) is -2.00. The first-order valence-corrected chi connectivity index (χ1v) is 10.5. The Balaban J connectivity index is 1.67. The number of hydrogen-bond acceptors (Lipinski definition) is 6. The van der Waals surface area contributed by atoms with E-state index in [0.717, 1.165) is 45.7 Å². The number of sulfonamides is 1. The molecule has 0 radical (unpaired) electrons. The lowest BCUT2D eigenvalue weighted by Gasteiger charge is -2.42. The van der Waals surface area contributed by atoms with Gasteiger partial charge >= 0.3 is 0 Å². The van der Waals surface area contributed by atoms with Crippen LogP contribution in [0.2, 0.25) is 0 Å². The van der Waals surface area contributed by atoms with Crippen molar-refractivity contribution in [1.29, 1.82) is 0 Å². The van der Waals surface area contributed by atoms with Crippen LogP contribution in [0.4, 0.5) is 0 Å². The quantitative estimate of drug-likeness (QED) is 0.759. The molecule has 0 aromatic heterocycles. The summed E-state index contributed by atoms with van der Waals surface area (Å²) < 4.78 is 44.3. The van der Waals surface area contributed by atoms with E-state index in [2.05, 4.69) is 9.62 Å². The summed E-state index contributed by atoms with van der Waals surface area (Å²) in [5.74, 6) is 0.636. The minimum absolute atomic E-state index is 0.102. The van der Waals surface area contributed by atoms with E-state index >= 15 is 0 Å². The smallest absolute Gasteiger partial charge is 0.240 e. The Hall–Kier alpha value is -1.19. The minimum Gasteiger partial charge on any atom is -0.497 e. The van der Waals surface area contributed by atoms with E-state index in [1.165, 1.54) is 0 Å². The summed E-state index contributed by atoms with van der Waals surface area (Å²) in [6, 6.07) is 6.46. The molecular formula is C18H28N2O5S. The Morgan fingerprint density at radius 2 is 1.69 bits per heavy atom. The molecule has 146 valence electrons. The standard InChI is InChI=1S/C18H28N2O5S/c1-23-16-2-4-17(5-3-16)26(21,22)19-14-18(6-10-24-11-7-18)15-20-8-12-25-13-9-20/h2-5,19H,6-15H2,1H3. The molecule has 1 aromatic rings. The van der Waals surface area contributed by atoms with Crippen LogP contribution in [0, 0.1) is 5.41 Å². The molecule has 0 atom stereocenters. The number of ether oxygens (including phenoxy) is 3. The van der Waals surface area contributed by atoms with Gasteiger partial charge < -0.3 is 14.2 Å². The molecule has 1 N–H and O–H groups in total. The maximum absolute atomic E-state index is 12.7. The summed E-state index contributed by atoms with van der Waals surface area (Å²) >= 11 is 0. The van der Waals surface area contributed by atoms with Crippen molar-refractivity contribution in [3.8, 4) is 5.75 Å². The van der Waals surface area contributed by atoms with Gasteiger partial charge in [-0.25, -0.2) is 13.1 Å². The molecule has 1 aromatic carbocycles. The summed E-state index contributed by atoms with van der Waals surface area (Å²) in [6.07, 6.45) is 1.71. The fourth-order valence-electron chi connectivity index (χ4n) is 3.52. The monoisotopic (exact) mass is 384 g/mol. The van der Waals surface area contributed by atoms with Gasteiger partial charge in [0.2, 0.25) is 10.0 Å². The average molecular weight is 384 g/mol. The molecule has 2 fully saturated rings. The number of nitrogens with one attached hydrogen (secondary N) is 1. The minimum atomic E-state index is -3.55. The van der Waals surface area contributed by atoms with Gasteiger partial charge in [0.15, 0.2) is 0 Å². The van der Waals surface area contributed by atoms with Crippen molar-refractivity contribution >= 4 is 10.0 Å². The highest BCUT2D eigenvalue weighted by atomic mass is 32.2. The second-order valence-electron chi connectivity index (χ2n) is 7.00. The molecule has 8 heteroatoms. The summed E-state index contributed by atoms with van der Waals surface area (Å²) in [6.45, 7) is 5.91. The molecule has 3 rings (SSSR count). The van der Waals surface area contributed by atoms with Gasteiger partial charge in [0, 0.05) is 44.8 Å². The predicted molar refractivity (Wildman–Crippen MR) is 97.9 cm³/mol. The third-order valence-corrected chi connectivity index (χ3v) is 6.64. The van der Waals surface area contributed by atoms with E-state index in [1.54, 1.807) is 31.4 Å². The first kappa shape index (κ1) is 19.6. The van der Waals surface area contributed by atoms with Crippen LogP contribution in [0.3, 0.4) is 0 Å². The van der Waals surface area contributed by atoms with Crippen molar-refractivity contribution < 1.29 is 22.6 Å². The van der Waals surface area contributed by atoms with E-state index in [-0.39, 0.29) is 10.3 Å². The highest BCUT2D eigenvalue weighted by Gasteiger charge is 2.36. The molecule has 7 nitrogen and oxygen atoms in total. The van der Waals surface area contributed by atoms with Crippen molar-refractivity contribution in [1.82, 2.24) is 9.62 Å². The number of hydrogen-bond donors (Lipinski definition) is 1. The molecule has 2 saturated heterocycles. The van der Waals surface area contributed by atoms with Gasteiger partial charge in [-0.05, 0) is 37.1 Å². The van der Waals surface area contributed by atoms with E-state index < -0.39 is 10.0 Å². The molecule has 0 spiro atoms. The molecule has 2 aliphatic heterocycles. The first-order valence-electron chi connectivity index (χ1n) is 9.05. The number of methoxy groups -OCH3 is 1. The van der Waals surface area contributed by atoms with Crippen LogP contribution < -0.4 is 9.46 Å². The van der Waals surface area contributed by atoms with E-state index in [0.29, 0.717) is 25.5 Å². The van der Waals surface area contributed by atoms with Gasteiger partial charge in [-0.2, -0.15) is 0 Å². The number of morpholine rings is 1. The van der Waals surface area contributed by atoms with E-state index in [1.807, 2.05) is 0 Å². The zero-order valence-corrected chi connectivity index (χ0v) is 16.1. The van der Waals surface area contributed by atoms with Crippen LogP contribution in [0.1, 0.15) is 12.8 Å². The van der Waals surface area contributed by atoms with E-state index in [9.17, 15) is 8.42 Å². The average Bonchev–Trinajstić information content (AvgIpc) is 2.68. The predicted octanol–water partition coefficient (Wildman–Crippen LogP) is 1.10. The lowest BCUT2D eigenvalue weighted by Crippen LogP contribution is -2.50. The van der Waals surface area contributed by atoms with Crippen LogP contribution in [-0.2, 0) is 19.5 Å². The molecule has 0 bridgehead atoms. The van der Waals surface area contributed by atoms with Crippen LogP contribution >= 0.6 is 0 Å². The molecule has 26 heavy (non-hydrogen) atoms. The third-order valence-electron chi connectivity index (χ3n) is 5.22. The van der Waals surface area contributed by atoms with Gasteiger partial charge in [-0.3, -0.25) is 4.90 Å². The summed E-state index contributed by atoms with van der Waals surface area (Å²) in [5, 5.41) is 0. The highest BCUT2D eigenvalue weighted by molar-refractivity contribution is 7.89. The van der Waals surface area contributed by atoms with Crippen LogP contribution in [0.5, 0.6) is 5.75 Å². The third kappa shape index (κ3) is 4.95. The molecule has 2 heterocycles. The van der Waals surface area contributed by atoms with Gasteiger partial charge in [0.1, 0.15) is 5.75 Å². The molecule has 0 saturated carbocycles. The Kier molecular flexibility index (Phi) is 6.52. The maximum atomic E-state index is 12.7. The fraction of sp³-hybridized carbons (Fsp3) is 0.667.